The molecule has 2 fully saturated rings. The van der Waals surface area contributed by atoms with Crippen LogP contribution in [-0.4, -0.2) is 23.1 Å². The highest BCUT2D eigenvalue weighted by Crippen LogP contribution is 2.37. The third-order valence-corrected chi connectivity index (χ3v) is 3.85. The summed E-state index contributed by atoms with van der Waals surface area (Å²) < 4.78 is 0. The Hall–Kier alpha value is -1.12. The van der Waals surface area contributed by atoms with Crippen LogP contribution in [0.15, 0.2) is 18.6 Å². The van der Waals surface area contributed by atoms with Crippen LogP contribution < -0.4 is 4.90 Å². The van der Waals surface area contributed by atoms with Gasteiger partial charge in [0.1, 0.15) is 5.82 Å². The van der Waals surface area contributed by atoms with Gasteiger partial charge in [-0.25, -0.2) is 4.98 Å². The summed E-state index contributed by atoms with van der Waals surface area (Å²) in [5.74, 6) is 2.90. The van der Waals surface area contributed by atoms with Crippen molar-refractivity contribution in [2.75, 3.05) is 18.0 Å². The molecule has 0 spiro atoms. The Morgan fingerprint density at radius 3 is 2.40 bits per heavy atom. The molecule has 15 heavy (non-hydrogen) atoms. The van der Waals surface area contributed by atoms with Gasteiger partial charge in [0.15, 0.2) is 0 Å². The Morgan fingerprint density at radius 1 is 1.07 bits per heavy atom. The summed E-state index contributed by atoms with van der Waals surface area (Å²) in [5.41, 5.74) is 0. The van der Waals surface area contributed by atoms with Gasteiger partial charge < -0.3 is 4.90 Å². The van der Waals surface area contributed by atoms with Crippen LogP contribution in [0.2, 0.25) is 0 Å². The third kappa shape index (κ3) is 1.71. The Bertz CT molecular complexity index is 311. The van der Waals surface area contributed by atoms with Gasteiger partial charge in [-0.3, -0.25) is 4.98 Å². The fraction of sp³-hybridized carbons (Fsp3) is 0.667. The zero-order valence-electron chi connectivity index (χ0n) is 8.97. The Kier molecular flexibility index (Phi) is 2.31. The maximum absolute atomic E-state index is 4.38. The predicted molar refractivity (Wildman–Crippen MR) is 59.7 cm³/mol. The van der Waals surface area contributed by atoms with Gasteiger partial charge in [0.05, 0.1) is 6.20 Å². The van der Waals surface area contributed by atoms with Gasteiger partial charge >= 0.3 is 0 Å². The number of fused-ring (bicyclic) bond motifs is 1. The van der Waals surface area contributed by atoms with Crippen molar-refractivity contribution in [3.63, 3.8) is 0 Å². The second kappa shape index (κ2) is 3.80. The van der Waals surface area contributed by atoms with E-state index in [1.807, 2.05) is 6.20 Å². The van der Waals surface area contributed by atoms with Gasteiger partial charge in [-0.15, -0.1) is 0 Å². The minimum Gasteiger partial charge on any atom is -0.355 e. The van der Waals surface area contributed by atoms with E-state index in [-0.39, 0.29) is 0 Å². The van der Waals surface area contributed by atoms with Gasteiger partial charge in [-0.2, -0.15) is 0 Å². The van der Waals surface area contributed by atoms with Gasteiger partial charge in [0, 0.05) is 25.5 Å². The normalized spacial score (nSPS) is 30.3. The van der Waals surface area contributed by atoms with E-state index >= 15 is 0 Å². The van der Waals surface area contributed by atoms with Crippen molar-refractivity contribution in [2.45, 2.75) is 25.7 Å². The number of hydrogen-bond acceptors (Lipinski definition) is 3. The SMILES string of the molecule is c1cnc(N2C[C@H]3CCCC[C@H]3C2)cn1. The van der Waals surface area contributed by atoms with E-state index in [9.17, 15) is 0 Å². The van der Waals surface area contributed by atoms with Crippen LogP contribution in [0.5, 0.6) is 0 Å². The maximum Gasteiger partial charge on any atom is 0.147 e. The number of aromatic nitrogens is 2. The molecule has 0 N–H and O–H groups in total. The molecule has 1 aliphatic heterocycles. The van der Waals surface area contributed by atoms with Gasteiger partial charge in [-0.05, 0) is 24.7 Å². The molecule has 1 saturated carbocycles. The van der Waals surface area contributed by atoms with Crippen LogP contribution in [0.3, 0.4) is 0 Å². The van der Waals surface area contributed by atoms with Crippen LogP contribution >= 0.6 is 0 Å². The molecule has 1 aliphatic carbocycles. The number of nitrogens with zero attached hydrogens (tertiary/aromatic N) is 3. The minimum absolute atomic E-state index is 0.917. The summed E-state index contributed by atoms with van der Waals surface area (Å²) in [6, 6.07) is 0. The Morgan fingerprint density at radius 2 is 1.80 bits per heavy atom. The number of anilines is 1. The molecule has 3 nitrogen and oxygen atoms in total. The molecule has 0 unspecified atom stereocenters. The summed E-state index contributed by atoms with van der Waals surface area (Å²) in [6.07, 6.45) is 11.1. The smallest absolute Gasteiger partial charge is 0.147 e. The van der Waals surface area contributed by atoms with Crippen molar-refractivity contribution in [1.82, 2.24) is 9.97 Å². The van der Waals surface area contributed by atoms with E-state index < -0.39 is 0 Å². The number of rotatable bonds is 1. The van der Waals surface area contributed by atoms with Gasteiger partial charge in [-0.1, -0.05) is 12.8 Å². The lowest BCUT2D eigenvalue weighted by Crippen LogP contribution is -2.20. The lowest BCUT2D eigenvalue weighted by atomic mass is 9.82. The average molecular weight is 203 g/mol. The lowest BCUT2D eigenvalue weighted by molar-refractivity contribution is 0.299. The highest BCUT2D eigenvalue weighted by atomic mass is 15.2. The minimum atomic E-state index is 0.917. The third-order valence-electron chi connectivity index (χ3n) is 3.85. The van der Waals surface area contributed by atoms with E-state index in [1.54, 1.807) is 12.4 Å². The van der Waals surface area contributed by atoms with Gasteiger partial charge in [0.25, 0.3) is 0 Å². The van der Waals surface area contributed by atoms with Crippen molar-refractivity contribution in [3.8, 4) is 0 Å². The van der Waals surface area contributed by atoms with Crippen LogP contribution in [-0.2, 0) is 0 Å². The first-order chi connectivity index (χ1) is 7.43. The molecule has 1 saturated heterocycles. The van der Waals surface area contributed by atoms with Crippen molar-refractivity contribution >= 4 is 5.82 Å². The molecular weight excluding hydrogens is 186 g/mol. The zero-order chi connectivity index (χ0) is 10.1. The van der Waals surface area contributed by atoms with Crippen LogP contribution in [0.25, 0.3) is 0 Å². The van der Waals surface area contributed by atoms with Crippen LogP contribution in [0, 0.1) is 11.8 Å². The van der Waals surface area contributed by atoms with Crippen molar-refractivity contribution < 1.29 is 0 Å². The molecule has 2 heterocycles. The summed E-state index contributed by atoms with van der Waals surface area (Å²) in [7, 11) is 0. The van der Waals surface area contributed by atoms with Crippen LogP contribution in [0.4, 0.5) is 5.82 Å². The molecule has 2 aliphatic rings. The van der Waals surface area contributed by atoms with Crippen LogP contribution in [0.1, 0.15) is 25.7 Å². The highest BCUT2D eigenvalue weighted by molar-refractivity contribution is 5.37. The van der Waals surface area contributed by atoms with E-state index in [0.29, 0.717) is 0 Å². The fourth-order valence-corrected chi connectivity index (χ4v) is 3.05. The molecular formula is C12H17N3. The lowest BCUT2D eigenvalue weighted by Gasteiger charge is -2.22. The standard InChI is InChI=1S/C12H17N3/c1-2-4-11-9-15(8-10(11)3-1)12-7-13-5-6-14-12/h5-7,10-11H,1-4,8-9H2/t10-,11+. The van der Waals surface area contributed by atoms with E-state index in [1.165, 1.54) is 38.8 Å². The predicted octanol–water partition coefficient (Wildman–Crippen LogP) is 2.10. The highest BCUT2D eigenvalue weighted by Gasteiger charge is 2.34. The van der Waals surface area contributed by atoms with Gasteiger partial charge in [0.2, 0.25) is 0 Å². The largest absolute Gasteiger partial charge is 0.355 e. The molecule has 0 aromatic carbocycles. The summed E-state index contributed by atoms with van der Waals surface area (Å²) in [5, 5.41) is 0. The molecule has 3 rings (SSSR count). The second-order valence-electron chi connectivity index (χ2n) is 4.77. The van der Waals surface area contributed by atoms with Crippen molar-refractivity contribution in [2.24, 2.45) is 11.8 Å². The molecule has 1 aromatic heterocycles. The number of hydrogen-bond donors (Lipinski definition) is 0. The van der Waals surface area contributed by atoms with E-state index in [4.69, 9.17) is 0 Å². The van der Waals surface area contributed by atoms with Crippen molar-refractivity contribution in [1.29, 1.82) is 0 Å². The average Bonchev–Trinajstić information content (AvgIpc) is 2.74. The molecule has 3 heteroatoms. The Balaban J connectivity index is 1.75. The molecule has 0 radical (unpaired) electrons. The molecule has 1 aromatic rings. The summed E-state index contributed by atoms with van der Waals surface area (Å²) in [4.78, 5) is 10.9. The molecule has 0 bridgehead atoms. The fourth-order valence-electron chi connectivity index (χ4n) is 3.05. The topological polar surface area (TPSA) is 29.0 Å². The first kappa shape index (κ1) is 9.13. The summed E-state index contributed by atoms with van der Waals surface area (Å²) in [6.45, 7) is 2.40. The van der Waals surface area contributed by atoms with E-state index in [2.05, 4.69) is 14.9 Å². The molecule has 0 amide bonds. The zero-order valence-corrected chi connectivity index (χ0v) is 8.97. The van der Waals surface area contributed by atoms with Crippen molar-refractivity contribution in [3.05, 3.63) is 18.6 Å². The first-order valence-electron chi connectivity index (χ1n) is 5.94. The Labute approximate surface area is 90.5 Å². The monoisotopic (exact) mass is 203 g/mol. The molecule has 2 atom stereocenters. The van der Waals surface area contributed by atoms with E-state index in [0.717, 1.165) is 17.7 Å². The quantitative estimate of drug-likeness (QED) is 0.700. The molecule has 80 valence electrons. The first-order valence-corrected chi connectivity index (χ1v) is 5.94. The second-order valence-corrected chi connectivity index (χ2v) is 4.77. The summed E-state index contributed by atoms with van der Waals surface area (Å²) >= 11 is 0. The maximum atomic E-state index is 4.38.